The number of benzene rings is 1. The van der Waals surface area contributed by atoms with Crippen LogP contribution in [-0.2, 0) is 4.79 Å². The second-order valence-corrected chi connectivity index (χ2v) is 8.26. The fourth-order valence-electron chi connectivity index (χ4n) is 2.99. The van der Waals surface area contributed by atoms with Crippen molar-refractivity contribution in [1.29, 1.82) is 0 Å². The Morgan fingerprint density at radius 3 is 2.54 bits per heavy atom. The Hall–Kier alpha value is -1.70. The minimum atomic E-state index is -0.248. The fourth-order valence-corrected chi connectivity index (χ4v) is 4.28. The van der Waals surface area contributed by atoms with Crippen molar-refractivity contribution >= 4 is 44.8 Å². The Bertz CT molecular complexity index is 786. The van der Waals surface area contributed by atoms with Crippen LogP contribution >= 0.6 is 27.3 Å². The maximum atomic E-state index is 12.6. The first kappa shape index (κ1) is 19.1. The van der Waals surface area contributed by atoms with Crippen LogP contribution in [0.4, 0.5) is 5.69 Å². The highest BCUT2D eigenvalue weighted by Gasteiger charge is 2.28. The average molecular weight is 436 g/mol. The number of thiophene rings is 1. The summed E-state index contributed by atoms with van der Waals surface area (Å²) in [6, 6.07) is 9.36. The zero-order valence-electron chi connectivity index (χ0n) is 14.9. The van der Waals surface area contributed by atoms with E-state index in [1.807, 2.05) is 54.5 Å². The molecule has 1 N–H and O–H groups in total. The van der Waals surface area contributed by atoms with E-state index in [1.54, 1.807) is 0 Å². The molecule has 1 aliphatic rings. The summed E-state index contributed by atoms with van der Waals surface area (Å²) >= 11 is 4.96. The number of anilines is 1. The summed E-state index contributed by atoms with van der Waals surface area (Å²) in [5.41, 5.74) is 1.91. The predicted molar refractivity (Wildman–Crippen MR) is 109 cm³/mol. The molecule has 1 aromatic carbocycles. The van der Waals surface area contributed by atoms with E-state index >= 15 is 0 Å². The molecule has 2 heterocycles. The van der Waals surface area contributed by atoms with Crippen LogP contribution in [0.1, 0.15) is 22.2 Å². The molecular weight excluding hydrogens is 414 g/mol. The topological polar surface area (TPSA) is 52.7 Å². The van der Waals surface area contributed by atoms with Crippen LogP contribution in [0.2, 0.25) is 0 Å². The SMILES string of the molecule is Cc1ccc(NC(=O)C(C)N2CCN(C(=O)c3cccs3)CC2)c(Br)c1. The first-order chi connectivity index (χ1) is 12.5. The summed E-state index contributed by atoms with van der Waals surface area (Å²) in [5.74, 6) is 0.0490. The molecule has 138 valence electrons. The van der Waals surface area contributed by atoms with Crippen LogP contribution in [0.5, 0.6) is 0 Å². The molecule has 1 saturated heterocycles. The average Bonchev–Trinajstić information content (AvgIpc) is 3.17. The van der Waals surface area contributed by atoms with Gasteiger partial charge in [-0.2, -0.15) is 0 Å². The summed E-state index contributed by atoms with van der Waals surface area (Å²) < 4.78 is 0.879. The lowest BCUT2D eigenvalue weighted by atomic mass is 10.2. The molecule has 5 nitrogen and oxygen atoms in total. The van der Waals surface area contributed by atoms with Gasteiger partial charge in [-0.15, -0.1) is 11.3 Å². The lowest BCUT2D eigenvalue weighted by Gasteiger charge is -2.37. The number of carbonyl (C=O) groups excluding carboxylic acids is 2. The molecule has 0 aliphatic carbocycles. The molecule has 1 atom stereocenters. The van der Waals surface area contributed by atoms with Gasteiger partial charge in [0, 0.05) is 30.7 Å². The molecule has 1 aromatic heterocycles. The van der Waals surface area contributed by atoms with Gasteiger partial charge in [-0.1, -0.05) is 12.1 Å². The van der Waals surface area contributed by atoms with Gasteiger partial charge in [-0.05, 0) is 58.9 Å². The number of carbonyl (C=O) groups is 2. The van der Waals surface area contributed by atoms with Gasteiger partial charge in [0.1, 0.15) is 0 Å². The van der Waals surface area contributed by atoms with E-state index in [0.29, 0.717) is 26.2 Å². The fraction of sp³-hybridized carbons (Fsp3) is 0.368. The summed E-state index contributed by atoms with van der Waals surface area (Å²) in [6.45, 7) is 6.59. The van der Waals surface area contributed by atoms with Gasteiger partial charge in [0.25, 0.3) is 5.91 Å². The third kappa shape index (κ3) is 4.34. The van der Waals surface area contributed by atoms with Crippen molar-refractivity contribution in [1.82, 2.24) is 9.80 Å². The molecule has 2 aromatic rings. The molecule has 26 heavy (non-hydrogen) atoms. The highest BCUT2D eigenvalue weighted by molar-refractivity contribution is 9.10. The molecule has 0 radical (unpaired) electrons. The van der Waals surface area contributed by atoms with Crippen LogP contribution in [0.25, 0.3) is 0 Å². The van der Waals surface area contributed by atoms with E-state index in [1.165, 1.54) is 11.3 Å². The maximum absolute atomic E-state index is 12.6. The number of aryl methyl sites for hydroxylation is 1. The number of hydrogen-bond acceptors (Lipinski definition) is 4. The number of piperazine rings is 1. The summed E-state index contributed by atoms with van der Waals surface area (Å²) in [6.07, 6.45) is 0. The predicted octanol–water partition coefficient (Wildman–Crippen LogP) is 3.60. The van der Waals surface area contributed by atoms with Gasteiger partial charge >= 0.3 is 0 Å². The highest BCUT2D eigenvalue weighted by atomic mass is 79.9. The normalized spacial score (nSPS) is 16.3. The molecule has 7 heteroatoms. The number of rotatable bonds is 4. The second kappa shape index (κ2) is 8.33. The zero-order valence-corrected chi connectivity index (χ0v) is 17.3. The van der Waals surface area contributed by atoms with E-state index < -0.39 is 0 Å². The molecular formula is C19H22BrN3O2S. The van der Waals surface area contributed by atoms with Crippen molar-refractivity contribution in [2.75, 3.05) is 31.5 Å². The van der Waals surface area contributed by atoms with Gasteiger partial charge in [-0.3, -0.25) is 14.5 Å². The third-order valence-corrected chi connectivity index (χ3v) is 6.16. The largest absolute Gasteiger partial charge is 0.335 e. The Morgan fingerprint density at radius 2 is 1.92 bits per heavy atom. The van der Waals surface area contributed by atoms with E-state index in [9.17, 15) is 9.59 Å². The Labute approximate surface area is 166 Å². The molecule has 0 bridgehead atoms. The number of amides is 2. The second-order valence-electron chi connectivity index (χ2n) is 6.45. The smallest absolute Gasteiger partial charge is 0.264 e. The number of nitrogens with one attached hydrogen (secondary N) is 1. The third-order valence-electron chi connectivity index (χ3n) is 4.64. The first-order valence-electron chi connectivity index (χ1n) is 8.59. The summed E-state index contributed by atoms with van der Waals surface area (Å²) in [5, 5.41) is 4.90. The molecule has 0 saturated carbocycles. The molecule has 3 rings (SSSR count). The van der Waals surface area contributed by atoms with Gasteiger partial charge in [0.05, 0.1) is 16.6 Å². The monoisotopic (exact) mass is 435 g/mol. The quantitative estimate of drug-likeness (QED) is 0.797. The van der Waals surface area contributed by atoms with Crippen molar-refractivity contribution in [3.63, 3.8) is 0 Å². The molecule has 0 spiro atoms. The summed E-state index contributed by atoms with van der Waals surface area (Å²) in [4.78, 5) is 29.8. The molecule has 1 unspecified atom stereocenters. The van der Waals surface area contributed by atoms with Crippen molar-refractivity contribution in [3.05, 3.63) is 50.6 Å². The zero-order chi connectivity index (χ0) is 18.7. The highest BCUT2D eigenvalue weighted by Crippen LogP contribution is 2.24. The van der Waals surface area contributed by atoms with E-state index in [0.717, 1.165) is 20.6 Å². The number of hydrogen-bond donors (Lipinski definition) is 1. The van der Waals surface area contributed by atoms with Crippen LogP contribution in [0.3, 0.4) is 0 Å². The van der Waals surface area contributed by atoms with Crippen LogP contribution in [0.15, 0.2) is 40.2 Å². The van der Waals surface area contributed by atoms with Crippen molar-refractivity contribution in [3.8, 4) is 0 Å². The van der Waals surface area contributed by atoms with Crippen LogP contribution in [-0.4, -0.2) is 53.8 Å². The van der Waals surface area contributed by atoms with E-state index in [4.69, 9.17) is 0 Å². The number of nitrogens with zero attached hydrogens (tertiary/aromatic N) is 2. The van der Waals surface area contributed by atoms with Crippen molar-refractivity contribution in [2.24, 2.45) is 0 Å². The van der Waals surface area contributed by atoms with Gasteiger partial charge in [0.15, 0.2) is 0 Å². The Morgan fingerprint density at radius 1 is 1.19 bits per heavy atom. The van der Waals surface area contributed by atoms with Gasteiger partial charge in [-0.25, -0.2) is 0 Å². The molecule has 1 fully saturated rings. The Kier molecular flexibility index (Phi) is 6.11. The van der Waals surface area contributed by atoms with Crippen LogP contribution in [0, 0.1) is 6.92 Å². The maximum Gasteiger partial charge on any atom is 0.264 e. The Balaban J connectivity index is 1.55. The lowest BCUT2D eigenvalue weighted by molar-refractivity contribution is -0.121. The van der Waals surface area contributed by atoms with Crippen molar-refractivity contribution in [2.45, 2.75) is 19.9 Å². The number of halogens is 1. The van der Waals surface area contributed by atoms with E-state index in [2.05, 4.69) is 26.1 Å². The molecule has 1 aliphatic heterocycles. The minimum Gasteiger partial charge on any atom is -0.335 e. The molecule has 2 amide bonds. The summed E-state index contributed by atoms with van der Waals surface area (Å²) in [7, 11) is 0. The van der Waals surface area contributed by atoms with Crippen LogP contribution < -0.4 is 5.32 Å². The van der Waals surface area contributed by atoms with Gasteiger partial charge in [0.2, 0.25) is 5.91 Å². The standard InChI is InChI=1S/C19H22BrN3O2S/c1-13-5-6-16(15(20)12-13)21-18(24)14(2)22-7-9-23(10-8-22)19(25)17-4-3-11-26-17/h3-6,11-12,14H,7-10H2,1-2H3,(H,21,24). The van der Waals surface area contributed by atoms with E-state index in [-0.39, 0.29) is 17.9 Å². The first-order valence-corrected chi connectivity index (χ1v) is 10.3. The lowest BCUT2D eigenvalue weighted by Crippen LogP contribution is -2.53. The minimum absolute atomic E-state index is 0.0346. The van der Waals surface area contributed by atoms with Crippen molar-refractivity contribution < 1.29 is 9.59 Å². The van der Waals surface area contributed by atoms with Gasteiger partial charge < -0.3 is 10.2 Å².